The van der Waals surface area contributed by atoms with Crippen molar-refractivity contribution in [2.24, 2.45) is 0 Å². The molecule has 0 spiro atoms. The zero-order chi connectivity index (χ0) is 12.5. The molecule has 94 valence electrons. The van der Waals surface area contributed by atoms with Crippen molar-refractivity contribution in [1.29, 1.82) is 0 Å². The quantitative estimate of drug-likeness (QED) is 0.711. The first kappa shape index (κ1) is 12.1. The second kappa shape index (κ2) is 4.49. The number of nitrogens with one attached hydrogen (secondary N) is 3. The minimum absolute atomic E-state index is 0.0134. The van der Waals surface area contributed by atoms with Crippen molar-refractivity contribution in [2.45, 2.75) is 38.6 Å². The fourth-order valence-corrected chi connectivity index (χ4v) is 1.86. The minimum atomic E-state index is -0.0922. The highest BCUT2D eigenvalue weighted by atomic mass is 16.2. The van der Waals surface area contributed by atoms with E-state index in [0.29, 0.717) is 5.69 Å². The molecule has 5 nitrogen and oxygen atoms in total. The van der Waals surface area contributed by atoms with E-state index in [-0.39, 0.29) is 17.4 Å². The molecule has 17 heavy (non-hydrogen) atoms. The van der Waals surface area contributed by atoms with Gasteiger partial charge in [0.15, 0.2) is 0 Å². The fourth-order valence-electron chi connectivity index (χ4n) is 1.86. The molecular weight excluding hydrogens is 216 g/mol. The summed E-state index contributed by atoms with van der Waals surface area (Å²) in [6, 6.07) is 2.06. The molecule has 1 atom stereocenters. The van der Waals surface area contributed by atoms with E-state index >= 15 is 0 Å². The van der Waals surface area contributed by atoms with Crippen LogP contribution in [0.4, 0.5) is 0 Å². The summed E-state index contributed by atoms with van der Waals surface area (Å²) in [5, 5.41) is 13.2. The molecular formula is C12H20N4O. The van der Waals surface area contributed by atoms with E-state index in [1.807, 2.05) is 6.07 Å². The Morgan fingerprint density at radius 3 is 2.82 bits per heavy atom. The van der Waals surface area contributed by atoms with Crippen LogP contribution in [-0.4, -0.2) is 35.2 Å². The van der Waals surface area contributed by atoms with Gasteiger partial charge in [0, 0.05) is 23.7 Å². The Morgan fingerprint density at radius 2 is 2.29 bits per heavy atom. The predicted molar refractivity (Wildman–Crippen MR) is 66.0 cm³/mol. The van der Waals surface area contributed by atoms with E-state index < -0.39 is 0 Å². The summed E-state index contributed by atoms with van der Waals surface area (Å²) in [7, 11) is 0. The summed E-state index contributed by atoms with van der Waals surface area (Å²) in [6.45, 7) is 8.08. The van der Waals surface area contributed by atoms with Crippen molar-refractivity contribution in [2.75, 3.05) is 13.1 Å². The average Bonchev–Trinajstić information content (AvgIpc) is 2.85. The van der Waals surface area contributed by atoms with E-state index in [0.717, 1.165) is 25.2 Å². The molecule has 1 aliphatic heterocycles. The number of rotatable bonds is 2. The predicted octanol–water partition coefficient (Wildman–Crippen LogP) is 0.799. The van der Waals surface area contributed by atoms with Crippen LogP contribution in [0, 0.1) is 0 Å². The van der Waals surface area contributed by atoms with Gasteiger partial charge in [0.25, 0.3) is 5.91 Å². The van der Waals surface area contributed by atoms with Crippen LogP contribution >= 0.6 is 0 Å². The van der Waals surface area contributed by atoms with Crippen LogP contribution in [0.15, 0.2) is 6.07 Å². The molecule has 1 aromatic heterocycles. The van der Waals surface area contributed by atoms with Gasteiger partial charge in [-0.25, -0.2) is 0 Å². The van der Waals surface area contributed by atoms with Crippen molar-refractivity contribution < 1.29 is 4.79 Å². The first-order valence-corrected chi connectivity index (χ1v) is 6.04. The van der Waals surface area contributed by atoms with Gasteiger partial charge in [0.1, 0.15) is 5.69 Å². The first-order chi connectivity index (χ1) is 7.97. The minimum Gasteiger partial charge on any atom is -0.347 e. The molecule has 1 aromatic rings. The number of aromatic nitrogens is 2. The van der Waals surface area contributed by atoms with Gasteiger partial charge in [-0.3, -0.25) is 9.89 Å². The topological polar surface area (TPSA) is 69.8 Å². The maximum Gasteiger partial charge on any atom is 0.272 e. The molecule has 1 aliphatic rings. The molecule has 1 unspecified atom stereocenters. The molecule has 0 aliphatic carbocycles. The average molecular weight is 236 g/mol. The molecule has 2 rings (SSSR count). The normalized spacial score (nSPS) is 20.5. The molecule has 0 radical (unpaired) electrons. The summed E-state index contributed by atoms with van der Waals surface area (Å²) in [5.41, 5.74) is 1.44. The Balaban J connectivity index is 2.01. The van der Waals surface area contributed by atoms with Gasteiger partial charge in [-0.05, 0) is 19.0 Å². The maximum atomic E-state index is 11.9. The maximum absolute atomic E-state index is 11.9. The zero-order valence-electron chi connectivity index (χ0n) is 10.6. The van der Waals surface area contributed by atoms with Crippen molar-refractivity contribution in [1.82, 2.24) is 20.8 Å². The van der Waals surface area contributed by atoms with Gasteiger partial charge in [0.2, 0.25) is 0 Å². The van der Waals surface area contributed by atoms with Crippen LogP contribution in [0.2, 0.25) is 0 Å². The van der Waals surface area contributed by atoms with Crippen LogP contribution < -0.4 is 10.6 Å². The Morgan fingerprint density at radius 1 is 1.53 bits per heavy atom. The van der Waals surface area contributed by atoms with Crippen molar-refractivity contribution in [3.8, 4) is 0 Å². The van der Waals surface area contributed by atoms with Gasteiger partial charge in [0.05, 0.1) is 0 Å². The third-order valence-corrected chi connectivity index (χ3v) is 3.01. The molecule has 0 bridgehead atoms. The van der Waals surface area contributed by atoms with E-state index in [1.54, 1.807) is 0 Å². The molecule has 1 fully saturated rings. The van der Waals surface area contributed by atoms with Gasteiger partial charge in [-0.15, -0.1) is 0 Å². The monoisotopic (exact) mass is 236 g/mol. The molecule has 0 aromatic carbocycles. The summed E-state index contributed by atoms with van der Waals surface area (Å²) in [4.78, 5) is 11.9. The number of amides is 1. The highest BCUT2D eigenvalue weighted by Gasteiger charge is 2.22. The Labute approximate surface area is 101 Å². The van der Waals surface area contributed by atoms with Crippen LogP contribution in [0.3, 0.4) is 0 Å². The number of hydrogen-bond acceptors (Lipinski definition) is 3. The molecule has 2 heterocycles. The number of carbonyl (C=O) groups is 1. The van der Waals surface area contributed by atoms with Crippen molar-refractivity contribution >= 4 is 5.91 Å². The number of carbonyl (C=O) groups excluding carboxylic acids is 1. The fraction of sp³-hybridized carbons (Fsp3) is 0.667. The van der Waals surface area contributed by atoms with Crippen LogP contribution in [-0.2, 0) is 5.41 Å². The number of aromatic amines is 1. The van der Waals surface area contributed by atoms with Crippen LogP contribution in [0.5, 0.6) is 0 Å². The van der Waals surface area contributed by atoms with Gasteiger partial charge in [-0.2, -0.15) is 5.10 Å². The van der Waals surface area contributed by atoms with E-state index in [9.17, 15) is 4.79 Å². The summed E-state index contributed by atoms with van der Waals surface area (Å²) >= 11 is 0. The summed E-state index contributed by atoms with van der Waals surface area (Å²) in [6.07, 6.45) is 0.988. The molecule has 5 heteroatoms. The van der Waals surface area contributed by atoms with E-state index in [2.05, 4.69) is 41.6 Å². The first-order valence-electron chi connectivity index (χ1n) is 6.04. The van der Waals surface area contributed by atoms with Crippen molar-refractivity contribution in [3.05, 3.63) is 17.5 Å². The zero-order valence-corrected chi connectivity index (χ0v) is 10.6. The van der Waals surface area contributed by atoms with Crippen molar-refractivity contribution in [3.63, 3.8) is 0 Å². The van der Waals surface area contributed by atoms with Gasteiger partial charge < -0.3 is 10.6 Å². The number of nitrogens with zero attached hydrogens (tertiary/aromatic N) is 1. The second-order valence-electron chi connectivity index (χ2n) is 5.58. The third-order valence-electron chi connectivity index (χ3n) is 3.01. The highest BCUT2D eigenvalue weighted by Crippen LogP contribution is 2.20. The Bertz CT molecular complexity index is 399. The smallest absolute Gasteiger partial charge is 0.272 e. The summed E-state index contributed by atoms with van der Waals surface area (Å²) < 4.78 is 0. The molecule has 0 saturated carbocycles. The van der Waals surface area contributed by atoms with E-state index in [1.165, 1.54) is 0 Å². The second-order valence-corrected chi connectivity index (χ2v) is 5.58. The lowest BCUT2D eigenvalue weighted by Gasteiger charge is -2.14. The van der Waals surface area contributed by atoms with Crippen LogP contribution in [0.1, 0.15) is 43.4 Å². The number of H-pyrrole nitrogens is 1. The van der Waals surface area contributed by atoms with Gasteiger partial charge >= 0.3 is 0 Å². The number of hydrogen-bond donors (Lipinski definition) is 3. The lowest BCUT2D eigenvalue weighted by Crippen LogP contribution is -2.36. The Hall–Kier alpha value is -1.36. The Kier molecular flexibility index (Phi) is 3.19. The standard InChI is InChI=1S/C12H20N4O/c1-12(2,3)10-6-9(15-16-10)11(17)14-8-4-5-13-7-8/h6,8,13H,4-5,7H2,1-3H3,(H,14,17)(H,15,16). The van der Waals surface area contributed by atoms with Crippen LogP contribution in [0.25, 0.3) is 0 Å². The lowest BCUT2D eigenvalue weighted by molar-refractivity contribution is 0.0935. The van der Waals surface area contributed by atoms with Gasteiger partial charge in [-0.1, -0.05) is 20.8 Å². The molecule has 1 saturated heterocycles. The molecule has 1 amide bonds. The SMILES string of the molecule is CC(C)(C)c1cc(C(=O)NC2CCNC2)n[nH]1. The summed E-state index contributed by atoms with van der Waals surface area (Å²) in [5.74, 6) is -0.0922. The third kappa shape index (κ3) is 2.85. The molecule has 3 N–H and O–H groups in total. The largest absolute Gasteiger partial charge is 0.347 e. The lowest BCUT2D eigenvalue weighted by atomic mass is 9.92. The van der Waals surface area contributed by atoms with E-state index in [4.69, 9.17) is 0 Å². The highest BCUT2D eigenvalue weighted by molar-refractivity contribution is 5.92.